The van der Waals surface area contributed by atoms with Crippen LogP contribution in [0.5, 0.6) is 0 Å². The molecule has 1 rings (SSSR count). The molecule has 18 heavy (non-hydrogen) atoms. The van der Waals surface area contributed by atoms with E-state index >= 15 is 0 Å². The Morgan fingerprint density at radius 2 is 2.06 bits per heavy atom. The number of nitrogens with zero attached hydrogens (tertiary/aromatic N) is 2. The highest BCUT2D eigenvalue weighted by molar-refractivity contribution is 5.91. The van der Waals surface area contributed by atoms with E-state index in [1.165, 1.54) is 0 Å². The molecule has 1 unspecified atom stereocenters. The molecule has 3 nitrogen and oxygen atoms in total. The number of rotatable bonds is 5. The molecular formula is C14H26FN3. The number of hydrogen-bond acceptors (Lipinski definition) is 2. The Labute approximate surface area is 110 Å². The van der Waals surface area contributed by atoms with Crippen molar-refractivity contribution in [1.82, 2.24) is 0 Å². The zero-order valence-electron chi connectivity index (χ0n) is 11.6. The van der Waals surface area contributed by atoms with E-state index in [9.17, 15) is 4.39 Å². The summed E-state index contributed by atoms with van der Waals surface area (Å²) in [6, 6.07) is 0. The number of alkyl halides is 1. The van der Waals surface area contributed by atoms with Crippen LogP contribution < -0.4 is 5.73 Å². The van der Waals surface area contributed by atoms with E-state index in [2.05, 4.69) is 16.9 Å². The van der Waals surface area contributed by atoms with Gasteiger partial charge >= 0.3 is 0 Å². The number of halogens is 1. The van der Waals surface area contributed by atoms with Crippen molar-refractivity contribution >= 4 is 12.1 Å². The van der Waals surface area contributed by atoms with Gasteiger partial charge in [0.2, 0.25) is 0 Å². The van der Waals surface area contributed by atoms with Crippen molar-refractivity contribution in [2.75, 3.05) is 13.6 Å². The van der Waals surface area contributed by atoms with Crippen molar-refractivity contribution in [3.05, 3.63) is 0 Å². The molecule has 0 spiro atoms. The maximum atomic E-state index is 13.5. The minimum atomic E-state index is -0.837. The summed E-state index contributed by atoms with van der Waals surface area (Å²) in [6.07, 6.45) is 7.00. The standard InChI is InChI=1S/C14H26FN3/c1-3-4-9-18-14(17-2)12-7-5-11(6-8-12)13(15)10-16/h9,11-13H,3-8,10,16H2,1-2H3/b17-14-,18-9-. The fourth-order valence-electron chi connectivity index (χ4n) is 2.56. The number of nitrogens with two attached hydrogens (primary N) is 1. The lowest BCUT2D eigenvalue weighted by molar-refractivity contribution is 0.176. The van der Waals surface area contributed by atoms with Gasteiger partial charge in [0, 0.05) is 25.7 Å². The summed E-state index contributed by atoms with van der Waals surface area (Å²) in [6.45, 7) is 2.28. The minimum absolute atomic E-state index is 0.143. The second-order valence-electron chi connectivity index (χ2n) is 5.05. The van der Waals surface area contributed by atoms with Crippen LogP contribution in [0.15, 0.2) is 9.98 Å². The van der Waals surface area contributed by atoms with Gasteiger partial charge in [0.15, 0.2) is 0 Å². The molecule has 1 saturated carbocycles. The van der Waals surface area contributed by atoms with Crippen LogP contribution in [0.1, 0.15) is 45.4 Å². The highest BCUT2D eigenvalue weighted by atomic mass is 19.1. The van der Waals surface area contributed by atoms with Crippen molar-refractivity contribution < 1.29 is 4.39 Å². The third kappa shape index (κ3) is 4.48. The molecule has 0 amide bonds. The molecule has 4 heteroatoms. The average Bonchev–Trinajstić information content (AvgIpc) is 2.43. The van der Waals surface area contributed by atoms with Gasteiger partial charge < -0.3 is 5.73 Å². The van der Waals surface area contributed by atoms with Crippen molar-refractivity contribution in [2.24, 2.45) is 27.6 Å². The molecule has 0 bridgehead atoms. The van der Waals surface area contributed by atoms with Gasteiger partial charge in [0.1, 0.15) is 12.0 Å². The van der Waals surface area contributed by atoms with Crippen LogP contribution in [0, 0.1) is 11.8 Å². The van der Waals surface area contributed by atoms with Crippen LogP contribution in [0.4, 0.5) is 4.39 Å². The Kier molecular flexibility index (Phi) is 7.09. The first-order valence-electron chi connectivity index (χ1n) is 7.06. The predicted molar refractivity (Wildman–Crippen MR) is 76.2 cm³/mol. The molecule has 0 aromatic heterocycles. The Bertz CT molecular complexity index is 281. The van der Waals surface area contributed by atoms with Gasteiger partial charge in [0.25, 0.3) is 0 Å². The lowest BCUT2D eigenvalue weighted by atomic mass is 9.79. The fourth-order valence-corrected chi connectivity index (χ4v) is 2.56. The summed E-state index contributed by atoms with van der Waals surface area (Å²) in [4.78, 5) is 8.73. The van der Waals surface area contributed by atoms with E-state index in [-0.39, 0.29) is 12.5 Å². The Balaban J connectivity index is 2.45. The van der Waals surface area contributed by atoms with Crippen molar-refractivity contribution in [3.63, 3.8) is 0 Å². The maximum Gasteiger partial charge on any atom is 0.125 e. The summed E-state index contributed by atoms with van der Waals surface area (Å²) in [7, 11) is 1.79. The monoisotopic (exact) mass is 255 g/mol. The van der Waals surface area contributed by atoms with Crippen LogP contribution >= 0.6 is 0 Å². The Morgan fingerprint density at radius 1 is 1.39 bits per heavy atom. The van der Waals surface area contributed by atoms with E-state index in [1.807, 2.05) is 6.21 Å². The van der Waals surface area contributed by atoms with Crippen LogP contribution in [0.25, 0.3) is 0 Å². The molecule has 0 aliphatic heterocycles. The average molecular weight is 255 g/mol. The molecule has 0 radical (unpaired) electrons. The van der Waals surface area contributed by atoms with E-state index in [4.69, 9.17) is 5.73 Å². The Hall–Kier alpha value is -0.770. The summed E-state index contributed by atoms with van der Waals surface area (Å²) in [5.74, 6) is 1.48. The molecule has 0 aromatic carbocycles. The molecule has 1 atom stereocenters. The third-order valence-corrected chi connectivity index (χ3v) is 3.74. The first-order chi connectivity index (χ1) is 8.72. The quantitative estimate of drug-likeness (QED) is 0.596. The van der Waals surface area contributed by atoms with Gasteiger partial charge in [-0.25, -0.2) is 9.38 Å². The van der Waals surface area contributed by atoms with Crippen LogP contribution in [-0.2, 0) is 0 Å². The molecular weight excluding hydrogens is 229 g/mol. The molecule has 2 N–H and O–H groups in total. The summed E-state index contributed by atoms with van der Waals surface area (Å²) in [5, 5.41) is 0. The van der Waals surface area contributed by atoms with Crippen LogP contribution in [0.3, 0.4) is 0 Å². The minimum Gasteiger partial charge on any atom is -0.328 e. The van der Waals surface area contributed by atoms with E-state index in [1.54, 1.807) is 7.05 Å². The fraction of sp³-hybridized carbons (Fsp3) is 0.857. The summed E-state index contributed by atoms with van der Waals surface area (Å²) in [5.41, 5.74) is 5.38. The largest absolute Gasteiger partial charge is 0.328 e. The number of aliphatic imine (C=N–C) groups is 2. The van der Waals surface area contributed by atoms with Crippen LogP contribution in [0.2, 0.25) is 0 Å². The van der Waals surface area contributed by atoms with Gasteiger partial charge in [-0.15, -0.1) is 0 Å². The lowest BCUT2D eigenvalue weighted by Gasteiger charge is -2.29. The summed E-state index contributed by atoms with van der Waals surface area (Å²) < 4.78 is 13.5. The topological polar surface area (TPSA) is 50.7 Å². The lowest BCUT2D eigenvalue weighted by Crippen LogP contribution is -2.30. The molecule has 1 fully saturated rings. The first-order valence-corrected chi connectivity index (χ1v) is 7.06. The molecule has 1 aliphatic rings. The number of amidine groups is 1. The second kappa shape index (κ2) is 8.35. The van der Waals surface area contributed by atoms with E-state index in [0.29, 0.717) is 5.92 Å². The van der Waals surface area contributed by atoms with Crippen molar-refractivity contribution in [2.45, 2.75) is 51.6 Å². The van der Waals surface area contributed by atoms with Gasteiger partial charge in [-0.2, -0.15) is 0 Å². The van der Waals surface area contributed by atoms with E-state index in [0.717, 1.165) is 44.4 Å². The van der Waals surface area contributed by atoms with Gasteiger partial charge in [-0.05, 0) is 38.0 Å². The Morgan fingerprint density at radius 3 is 2.56 bits per heavy atom. The zero-order chi connectivity index (χ0) is 13.4. The van der Waals surface area contributed by atoms with Crippen molar-refractivity contribution in [1.29, 1.82) is 0 Å². The molecule has 0 saturated heterocycles. The zero-order valence-corrected chi connectivity index (χ0v) is 11.6. The number of unbranched alkanes of at least 4 members (excludes halogenated alkanes) is 1. The van der Waals surface area contributed by atoms with E-state index < -0.39 is 6.17 Å². The van der Waals surface area contributed by atoms with Gasteiger partial charge in [-0.3, -0.25) is 4.99 Å². The van der Waals surface area contributed by atoms with Gasteiger partial charge in [0.05, 0.1) is 0 Å². The number of hydrogen-bond donors (Lipinski definition) is 1. The highest BCUT2D eigenvalue weighted by Crippen LogP contribution is 2.32. The highest BCUT2D eigenvalue weighted by Gasteiger charge is 2.28. The normalized spacial score (nSPS) is 27.7. The first kappa shape index (κ1) is 15.3. The third-order valence-electron chi connectivity index (χ3n) is 3.74. The molecule has 0 heterocycles. The maximum absolute atomic E-state index is 13.5. The molecule has 1 aliphatic carbocycles. The summed E-state index contributed by atoms with van der Waals surface area (Å²) >= 11 is 0. The van der Waals surface area contributed by atoms with Crippen molar-refractivity contribution in [3.8, 4) is 0 Å². The molecule has 0 aromatic rings. The predicted octanol–water partition coefficient (Wildman–Crippen LogP) is 2.99. The second-order valence-corrected chi connectivity index (χ2v) is 5.05. The van der Waals surface area contributed by atoms with Crippen LogP contribution in [-0.4, -0.2) is 31.8 Å². The molecule has 104 valence electrons. The smallest absolute Gasteiger partial charge is 0.125 e. The van der Waals surface area contributed by atoms with Gasteiger partial charge in [-0.1, -0.05) is 13.3 Å². The SMILES string of the molecule is CCC/C=N\C(=N/C)C1CCC(C(F)CN)CC1.